The van der Waals surface area contributed by atoms with Crippen molar-refractivity contribution in [2.45, 2.75) is 59.5 Å². The van der Waals surface area contributed by atoms with Crippen molar-refractivity contribution in [1.82, 2.24) is 15.1 Å². The normalized spacial score (nSPS) is 21.8. The fourth-order valence-electron chi connectivity index (χ4n) is 3.04. The van der Waals surface area contributed by atoms with Crippen molar-refractivity contribution >= 4 is 0 Å². The molecule has 0 radical (unpaired) electrons. The third-order valence-electron chi connectivity index (χ3n) is 4.40. The maximum Gasteiger partial charge on any atom is 0.161 e. The van der Waals surface area contributed by atoms with E-state index in [1.807, 2.05) is 6.20 Å². The zero-order chi connectivity index (χ0) is 14.8. The van der Waals surface area contributed by atoms with E-state index in [9.17, 15) is 0 Å². The third-order valence-corrected chi connectivity index (χ3v) is 4.40. The highest BCUT2D eigenvalue weighted by Gasteiger charge is 2.51. The van der Waals surface area contributed by atoms with Crippen molar-refractivity contribution in [3.63, 3.8) is 0 Å². The van der Waals surface area contributed by atoms with Crippen molar-refractivity contribution < 1.29 is 4.74 Å². The molecule has 0 amide bonds. The van der Waals surface area contributed by atoms with Gasteiger partial charge in [-0.2, -0.15) is 5.10 Å². The van der Waals surface area contributed by atoms with E-state index in [1.165, 1.54) is 12.1 Å². The Morgan fingerprint density at radius 2 is 2.15 bits per heavy atom. The molecule has 1 fully saturated rings. The lowest BCUT2D eigenvalue weighted by molar-refractivity contribution is 0.357. The summed E-state index contributed by atoms with van der Waals surface area (Å²) in [4.78, 5) is 0. The highest BCUT2D eigenvalue weighted by Crippen LogP contribution is 2.58. The molecular weight excluding hydrogens is 250 g/mol. The Kier molecular flexibility index (Phi) is 4.74. The maximum absolute atomic E-state index is 5.56. The molecule has 2 rings (SSSR count). The molecule has 0 saturated heterocycles. The van der Waals surface area contributed by atoms with Gasteiger partial charge in [0.2, 0.25) is 0 Å². The van der Waals surface area contributed by atoms with Crippen molar-refractivity contribution in [3.05, 3.63) is 11.9 Å². The van der Waals surface area contributed by atoms with Crippen LogP contribution in [0.3, 0.4) is 0 Å². The third kappa shape index (κ3) is 3.00. The van der Waals surface area contributed by atoms with Crippen molar-refractivity contribution in [2.75, 3.05) is 13.7 Å². The number of nitrogens with zero attached hydrogens (tertiary/aromatic N) is 2. The average molecular weight is 279 g/mol. The molecule has 4 heteroatoms. The Morgan fingerprint density at radius 3 is 2.65 bits per heavy atom. The Hall–Kier alpha value is -1.03. The van der Waals surface area contributed by atoms with Crippen LogP contribution in [0.2, 0.25) is 0 Å². The first-order chi connectivity index (χ1) is 9.55. The average Bonchev–Trinajstić information content (AvgIpc) is 2.85. The predicted molar refractivity (Wildman–Crippen MR) is 82.0 cm³/mol. The number of hydrogen-bond acceptors (Lipinski definition) is 3. The summed E-state index contributed by atoms with van der Waals surface area (Å²) < 4.78 is 7.68. The van der Waals surface area contributed by atoms with Crippen LogP contribution >= 0.6 is 0 Å². The van der Waals surface area contributed by atoms with Crippen LogP contribution < -0.4 is 10.1 Å². The maximum atomic E-state index is 5.56. The first kappa shape index (κ1) is 15.4. The van der Waals surface area contributed by atoms with Crippen LogP contribution in [0, 0.1) is 11.3 Å². The van der Waals surface area contributed by atoms with Gasteiger partial charge in [-0.25, -0.2) is 0 Å². The highest BCUT2D eigenvalue weighted by atomic mass is 16.5. The van der Waals surface area contributed by atoms with Gasteiger partial charge in [0.25, 0.3) is 0 Å². The van der Waals surface area contributed by atoms with Crippen LogP contribution in [-0.4, -0.2) is 23.4 Å². The summed E-state index contributed by atoms with van der Waals surface area (Å²) in [5, 5.41) is 8.24. The van der Waals surface area contributed by atoms with Crippen molar-refractivity contribution in [2.24, 2.45) is 11.3 Å². The number of methoxy groups -OCH3 is 1. The largest absolute Gasteiger partial charge is 0.493 e. The summed E-state index contributed by atoms with van der Waals surface area (Å²) in [7, 11) is 1.74. The zero-order valence-electron chi connectivity index (χ0n) is 13.6. The molecular formula is C16H29N3O. The number of ether oxygens (including phenoxy) is 1. The zero-order valence-corrected chi connectivity index (χ0v) is 13.6. The molecule has 0 aromatic carbocycles. The van der Waals surface area contributed by atoms with Crippen LogP contribution in [0.15, 0.2) is 6.20 Å². The fraction of sp³-hybridized carbons (Fsp3) is 0.812. The van der Waals surface area contributed by atoms with E-state index >= 15 is 0 Å². The van der Waals surface area contributed by atoms with E-state index in [0.29, 0.717) is 17.4 Å². The minimum absolute atomic E-state index is 0.356. The van der Waals surface area contributed by atoms with Crippen LogP contribution in [0.5, 0.6) is 5.75 Å². The molecule has 20 heavy (non-hydrogen) atoms. The molecule has 1 heterocycles. The smallest absolute Gasteiger partial charge is 0.161 e. The lowest BCUT2D eigenvalue weighted by Crippen LogP contribution is -2.28. The molecule has 0 aliphatic heterocycles. The van der Waals surface area contributed by atoms with Gasteiger partial charge in [0, 0.05) is 6.54 Å². The van der Waals surface area contributed by atoms with E-state index in [1.54, 1.807) is 7.11 Å². The number of aromatic nitrogens is 2. The molecule has 1 aromatic heterocycles. The van der Waals surface area contributed by atoms with E-state index in [0.717, 1.165) is 31.7 Å². The Balaban J connectivity index is 2.29. The van der Waals surface area contributed by atoms with Gasteiger partial charge in [-0.1, -0.05) is 27.7 Å². The van der Waals surface area contributed by atoms with E-state index < -0.39 is 0 Å². The quantitative estimate of drug-likeness (QED) is 0.793. The molecule has 0 spiro atoms. The predicted octanol–water partition coefficient (Wildman–Crippen LogP) is 3.39. The summed E-state index contributed by atoms with van der Waals surface area (Å²) in [6.45, 7) is 11.1. The minimum Gasteiger partial charge on any atom is -0.493 e. The number of rotatable bonds is 8. The molecule has 1 aliphatic rings. The Bertz CT molecular complexity index is 439. The van der Waals surface area contributed by atoms with Crippen molar-refractivity contribution in [3.8, 4) is 5.75 Å². The molecule has 114 valence electrons. The summed E-state index contributed by atoms with van der Waals surface area (Å²) in [5.41, 5.74) is 1.66. The fourth-order valence-corrected chi connectivity index (χ4v) is 3.04. The molecule has 4 nitrogen and oxygen atoms in total. The van der Waals surface area contributed by atoms with Gasteiger partial charge in [-0.05, 0) is 37.1 Å². The summed E-state index contributed by atoms with van der Waals surface area (Å²) in [6, 6.07) is 0.356. The molecule has 1 saturated carbocycles. The minimum atomic E-state index is 0.356. The van der Waals surface area contributed by atoms with Gasteiger partial charge in [-0.15, -0.1) is 0 Å². The summed E-state index contributed by atoms with van der Waals surface area (Å²) in [5.74, 6) is 1.60. The van der Waals surface area contributed by atoms with Crippen LogP contribution in [0.1, 0.15) is 58.7 Å². The van der Waals surface area contributed by atoms with Crippen molar-refractivity contribution in [1.29, 1.82) is 0 Å². The molecule has 1 aliphatic carbocycles. The molecule has 0 bridgehead atoms. The molecule has 1 aromatic rings. The SMILES string of the molecule is CCCNC(c1c(OC)cnn1CCC)C1CC1(C)C. The van der Waals surface area contributed by atoms with E-state index in [-0.39, 0.29) is 0 Å². The van der Waals surface area contributed by atoms with Crippen LogP contribution in [0.25, 0.3) is 0 Å². The summed E-state index contributed by atoms with van der Waals surface area (Å²) in [6.07, 6.45) is 5.37. The van der Waals surface area contributed by atoms with Gasteiger partial charge in [-0.3, -0.25) is 4.68 Å². The second kappa shape index (κ2) is 6.17. The highest BCUT2D eigenvalue weighted by molar-refractivity contribution is 5.31. The van der Waals surface area contributed by atoms with Crippen LogP contribution in [-0.2, 0) is 6.54 Å². The lowest BCUT2D eigenvalue weighted by atomic mass is 10.0. The first-order valence-electron chi connectivity index (χ1n) is 7.88. The Morgan fingerprint density at radius 1 is 1.45 bits per heavy atom. The lowest BCUT2D eigenvalue weighted by Gasteiger charge is -2.22. The molecule has 1 N–H and O–H groups in total. The number of nitrogens with one attached hydrogen (secondary N) is 1. The van der Waals surface area contributed by atoms with E-state index in [4.69, 9.17) is 4.74 Å². The number of hydrogen-bond donors (Lipinski definition) is 1. The molecule has 2 unspecified atom stereocenters. The van der Waals surface area contributed by atoms with Gasteiger partial charge in [0.15, 0.2) is 5.75 Å². The topological polar surface area (TPSA) is 39.1 Å². The van der Waals surface area contributed by atoms with Crippen LogP contribution in [0.4, 0.5) is 0 Å². The van der Waals surface area contributed by atoms with Gasteiger partial charge < -0.3 is 10.1 Å². The first-order valence-corrected chi connectivity index (χ1v) is 7.88. The second-order valence-corrected chi connectivity index (χ2v) is 6.55. The van der Waals surface area contributed by atoms with Gasteiger partial charge in [0.05, 0.1) is 25.0 Å². The molecule has 2 atom stereocenters. The summed E-state index contributed by atoms with van der Waals surface area (Å²) >= 11 is 0. The number of aryl methyl sites for hydroxylation is 1. The van der Waals surface area contributed by atoms with Gasteiger partial charge in [0.1, 0.15) is 0 Å². The second-order valence-electron chi connectivity index (χ2n) is 6.55. The van der Waals surface area contributed by atoms with Gasteiger partial charge >= 0.3 is 0 Å². The standard InChI is InChI=1S/C16H29N3O/c1-6-8-17-14(12-10-16(12,3)4)15-13(20-5)11-18-19(15)9-7-2/h11-12,14,17H,6-10H2,1-5H3. The Labute approximate surface area is 122 Å². The monoisotopic (exact) mass is 279 g/mol. The van der Waals surface area contributed by atoms with E-state index in [2.05, 4.69) is 42.8 Å².